The van der Waals surface area contributed by atoms with Crippen molar-refractivity contribution in [3.05, 3.63) is 67.9 Å². The van der Waals surface area contributed by atoms with E-state index in [-0.39, 0.29) is 45.7 Å². The van der Waals surface area contributed by atoms with Gasteiger partial charge < -0.3 is 25.1 Å². The van der Waals surface area contributed by atoms with Crippen LogP contribution in [0, 0.1) is 0 Å². The maximum Gasteiger partial charge on any atom is 0.257 e. The number of carbonyl (C=O) groups is 1. The van der Waals surface area contributed by atoms with E-state index >= 15 is 0 Å². The first kappa shape index (κ1) is 23.1. The minimum Gasteiger partial charge on any atom is -0.505 e. The van der Waals surface area contributed by atoms with Gasteiger partial charge in [-0.1, -0.05) is 33.8 Å². The van der Waals surface area contributed by atoms with Gasteiger partial charge in [0.2, 0.25) is 0 Å². The number of carbonyl (C=O) groups excluding carboxylic acids is 1. The van der Waals surface area contributed by atoms with Crippen molar-refractivity contribution < 1.29 is 14.3 Å². The van der Waals surface area contributed by atoms with Gasteiger partial charge in [-0.15, -0.1) is 0 Å². The molecule has 3 N–H and O–H groups in total. The van der Waals surface area contributed by atoms with Crippen LogP contribution in [0.2, 0.25) is 0 Å². The Morgan fingerprint density at radius 2 is 1.81 bits per heavy atom. The normalized spacial score (nSPS) is 12.6. The zero-order valence-electron chi connectivity index (χ0n) is 19.2. The summed E-state index contributed by atoms with van der Waals surface area (Å²) in [5.74, 6) is -0.0102. The highest BCUT2D eigenvalue weighted by Gasteiger charge is 2.27. The number of hydrogen-bond acceptors (Lipinski definition) is 7. The van der Waals surface area contributed by atoms with Crippen LogP contribution >= 0.6 is 0 Å². The second-order valence-corrected chi connectivity index (χ2v) is 9.03. The Balaban J connectivity index is 1.89. The first-order valence-corrected chi connectivity index (χ1v) is 10.4. The molecule has 1 aromatic heterocycles. The molecule has 0 fully saturated rings. The minimum atomic E-state index is -0.694. The topological polar surface area (TPSA) is 112 Å². The van der Waals surface area contributed by atoms with Gasteiger partial charge in [-0.25, -0.2) is 0 Å². The molecule has 0 radical (unpaired) electrons. The lowest BCUT2D eigenvalue weighted by Gasteiger charge is -2.21. The van der Waals surface area contributed by atoms with Crippen LogP contribution in [-0.4, -0.2) is 30.0 Å². The molecule has 0 aliphatic rings. The number of nitrogens with one attached hydrogen (secondary N) is 2. The largest absolute Gasteiger partial charge is 0.505 e. The van der Waals surface area contributed by atoms with E-state index < -0.39 is 10.9 Å². The predicted molar refractivity (Wildman–Crippen MR) is 125 cm³/mol. The zero-order chi connectivity index (χ0) is 23.8. The Bertz CT molecular complexity index is 1210. The number of rotatable bonds is 7. The summed E-state index contributed by atoms with van der Waals surface area (Å²) in [6.07, 6.45) is 2.32. The van der Waals surface area contributed by atoms with Crippen LogP contribution in [0.15, 0.2) is 44.5 Å². The molecule has 0 aliphatic heterocycles. The van der Waals surface area contributed by atoms with Crippen molar-refractivity contribution >= 4 is 23.0 Å². The molecule has 8 heteroatoms. The van der Waals surface area contributed by atoms with Crippen LogP contribution in [0.25, 0.3) is 0 Å². The van der Waals surface area contributed by atoms with Crippen molar-refractivity contribution in [3.63, 3.8) is 0 Å². The van der Waals surface area contributed by atoms with Crippen molar-refractivity contribution in [1.29, 1.82) is 0 Å². The molecular weight excluding hydrogens is 410 g/mol. The van der Waals surface area contributed by atoms with Crippen molar-refractivity contribution in [1.82, 2.24) is 4.90 Å². The molecule has 0 saturated heterocycles. The van der Waals surface area contributed by atoms with Crippen LogP contribution in [0.4, 0.5) is 17.1 Å². The molecule has 2 aromatic carbocycles. The van der Waals surface area contributed by atoms with Crippen molar-refractivity contribution in [2.75, 3.05) is 24.7 Å². The third kappa shape index (κ3) is 4.26. The molecule has 0 aliphatic carbocycles. The highest BCUT2D eigenvalue weighted by molar-refractivity contribution is 5.99. The highest BCUT2D eigenvalue weighted by atomic mass is 16.3. The van der Waals surface area contributed by atoms with E-state index in [9.17, 15) is 19.5 Å². The number of para-hydroxylation sites is 1. The average Bonchev–Trinajstić information content (AvgIpc) is 3.24. The van der Waals surface area contributed by atoms with Crippen LogP contribution < -0.4 is 21.5 Å². The molecule has 8 nitrogen and oxygen atoms in total. The Morgan fingerprint density at radius 1 is 1.16 bits per heavy atom. The van der Waals surface area contributed by atoms with Gasteiger partial charge in [0.25, 0.3) is 16.8 Å². The minimum absolute atomic E-state index is 0.0424. The first-order chi connectivity index (χ1) is 15.0. The summed E-state index contributed by atoms with van der Waals surface area (Å²) in [6.45, 7) is 8.18. The molecule has 1 heterocycles. The van der Waals surface area contributed by atoms with Gasteiger partial charge in [-0.3, -0.25) is 14.4 Å². The maximum absolute atomic E-state index is 12.3. The fourth-order valence-corrected chi connectivity index (χ4v) is 3.32. The van der Waals surface area contributed by atoms with Gasteiger partial charge in [-0.2, -0.15) is 0 Å². The highest BCUT2D eigenvalue weighted by Crippen LogP contribution is 2.34. The third-order valence-corrected chi connectivity index (χ3v) is 5.40. The monoisotopic (exact) mass is 439 g/mol. The number of nitrogens with zero attached hydrogens (tertiary/aromatic N) is 1. The van der Waals surface area contributed by atoms with Gasteiger partial charge in [-0.05, 0) is 35.6 Å². The van der Waals surface area contributed by atoms with E-state index in [0.717, 1.165) is 5.56 Å². The SMILES string of the molecule is CC[C@@H](Nc1c(Nc2cccc(C(=O)N(C)C)c2O)c(=O)c1=O)c1cc(C(C)(C)C)co1. The van der Waals surface area contributed by atoms with E-state index in [4.69, 9.17) is 4.42 Å². The number of anilines is 3. The molecule has 32 heavy (non-hydrogen) atoms. The molecular formula is C24H29N3O5. The quantitative estimate of drug-likeness (QED) is 0.378. The lowest BCUT2D eigenvalue weighted by Crippen LogP contribution is -2.37. The Morgan fingerprint density at radius 3 is 2.38 bits per heavy atom. The summed E-state index contributed by atoms with van der Waals surface area (Å²) in [7, 11) is 3.15. The lowest BCUT2D eigenvalue weighted by molar-refractivity contribution is 0.0824. The number of hydrogen-bond donors (Lipinski definition) is 3. The summed E-state index contributed by atoms with van der Waals surface area (Å²) >= 11 is 0. The van der Waals surface area contributed by atoms with Gasteiger partial charge in [0.15, 0.2) is 5.75 Å². The fraction of sp³-hybridized carbons (Fsp3) is 0.375. The van der Waals surface area contributed by atoms with Crippen LogP contribution in [0.5, 0.6) is 5.75 Å². The second kappa shape index (κ2) is 8.53. The molecule has 1 amide bonds. The van der Waals surface area contributed by atoms with E-state index in [1.54, 1.807) is 26.4 Å². The number of phenols is 1. The average molecular weight is 440 g/mol. The summed E-state index contributed by atoms with van der Waals surface area (Å²) < 4.78 is 5.73. The molecule has 0 bridgehead atoms. The fourth-order valence-electron chi connectivity index (χ4n) is 3.32. The van der Waals surface area contributed by atoms with Crippen LogP contribution in [0.1, 0.15) is 61.8 Å². The molecule has 0 spiro atoms. The lowest BCUT2D eigenvalue weighted by atomic mass is 9.89. The Kier molecular flexibility index (Phi) is 6.16. The van der Waals surface area contributed by atoms with Crippen LogP contribution in [0.3, 0.4) is 0 Å². The van der Waals surface area contributed by atoms with Gasteiger partial charge in [0, 0.05) is 14.1 Å². The summed E-state index contributed by atoms with van der Waals surface area (Å²) in [5, 5.41) is 16.5. The van der Waals surface area contributed by atoms with Crippen molar-refractivity contribution in [3.8, 4) is 5.75 Å². The van der Waals surface area contributed by atoms with Gasteiger partial charge >= 0.3 is 0 Å². The standard InChI is InChI=1S/C24H29N3O5/c1-7-15(17-11-13(12-32-17)24(2,3)4)25-18-19(22(30)21(18)29)26-16-10-8-9-14(20(16)28)23(31)27(5)6/h8-12,15,25-26,28H,7H2,1-6H3/t15-/m1/s1. The van der Waals surface area contributed by atoms with E-state index in [1.165, 1.54) is 17.0 Å². The van der Waals surface area contributed by atoms with Crippen molar-refractivity contribution in [2.45, 2.75) is 45.6 Å². The van der Waals surface area contributed by atoms with E-state index in [0.29, 0.717) is 12.2 Å². The summed E-state index contributed by atoms with van der Waals surface area (Å²) in [5.41, 5.74) is 0.0256. The Hall–Kier alpha value is -3.55. The number of aromatic hydroxyl groups is 1. The first-order valence-electron chi connectivity index (χ1n) is 10.4. The third-order valence-electron chi connectivity index (χ3n) is 5.40. The second-order valence-electron chi connectivity index (χ2n) is 9.03. The van der Waals surface area contributed by atoms with Crippen molar-refractivity contribution in [2.24, 2.45) is 0 Å². The summed E-state index contributed by atoms with van der Waals surface area (Å²) in [4.78, 5) is 38.2. The van der Waals surface area contributed by atoms with E-state index in [2.05, 4.69) is 31.4 Å². The molecule has 0 unspecified atom stereocenters. The number of phenolic OH excluding ortho intramolecular Hbond substituents is 1. The number of benzene rings is 1. The number of amides is 1. The van der Waals surface area contributed by atoms with Crippen LogP contribution in [-0.2, 0) is 5.41 Å². The Labute approximate surface area is 186 Å². The molecule has 1 atom stereocenters. The maximum atomic E-state index is 12.3. The number of furan rings is 1. The summed E-state index contributed by atoms with van der Waals surface area (Å²) in [6, 6.07) is 6.23. The van der Waals surface area contributed by atoms with Gasteiger partial charge in [0.1, 0.15) is 17.1 Å². The zero-order valence-corrected chi connectivity index (χ0v) is 19.2. The molecule has 3 aromatic rings. The molecule has 170 valence electrons. The molecule has 0 saturated carbocycles. The predicted octanol–water partition coefficient (Wildman–Crippen LogP) is 3.89. The van der Waals surface area contributed by atoms with Gasteiger partial charge in [0.05, 0.1) is 23.6 Å². The smallest absolute Gasteiger partial charge is 0.257 e. The molecule has 3 rings (SSSR count). The van der Waals surface area contributed by atoms with E-state index in [1.807, 2.05) is 13.0 Å².